The van der Waals surface area contributed by atoms with Gasteiger partial charge in [0.05, 0.1) is 6.54 Å². The molecule has 0 N–H and O–H groups in total. The molecular weight excluding hydrogens is 265 g/mol. The van der Waals surface area contributed by atoms with Gasteiger partial charge in [0.15, 0.2) is 0 Å². The standard InChI is InChI=1S/C18H16FNO/c1-2-14-4-3-9-20(18(14)21)12-13-5-6-16-11-17(19)8-7-15(16)10-13/h3-11H,2,12H2,1H3. The molecule has 0 aliphatic heterocycles. The monoisotopic (exact) mass is 281 g/mol. The van der Waals surface area contributed by atoms with Crippen LogP contribution in [0.3, 0.4) is 0 Å². The Balaban J connectivity index is 1.99. The summed E-state index contributed by atoms with van der Waals surface area (Å²) < 4.78 is 14.9. The van der Waals surface area contributed by atoms with Crippen molar-refractivity contribution >= 4 is 10.8 Å². The van der Waals surface area contributed by atoms with Crippen molar-refractivity contribution in [3.05, 3.63) is 82.0 Å². The second-order valence-electron chi connectivity index (χ2n) is 5.15. The van der Waals surface area contributed by atoms with Gasteiger partial charge in [-0.05, 0) is 47.0 Å². The van der Waals surface area contributed by atoms with Crippen molar-refractivity contribution in [1.82, 2.24) is 4.57 Å². The van der Waals surface area contributed by atoms with Gasteiger partial charge in [-0.2, -0.15) is 0 Å². The highest BCUT2D eigenvalue weighted by Crippen LogP contribution is 2.17. The summed E-state index contributed by atoms with van der Waals surface area (Å²) in [6.45, 7) is 2.51. The van der Waals surface area contributed by atoms with Crippen molar-refractivity contribution in [2.45, 2.75) is 19.9 Å². The first-order valence-corrected chi connectivity index (χ1v) is 7.04. The molecule has 106 valence electrons. The summed E-state index contributed by atoms with van der Waals surface area (Å²) in [5.74, 6) is -0.234. The third-order valence-corrected chi connectivity index (χ3v) is 3.70. The fourth-order valence-corrected chi connectivity index (χ4v) is 2.54. The molecule has 0 amide bonds. The van der Waals surface area contributed by atoms with Gasteiger partial charge >= 0.3 is 0 Å². The summed E-state index contributed by atoms with van der Waals surface area (Å²) in [5.41, 5.74) is 1.91. The number of nitrogens with zero attached hydrogens (tertiary/aromatic N) is 1. The van der Waals surface area contributed by atoms with Gasteiger partial charge in [0, 0.05) is 11.8 Å². The molecular formula is C18H16FNO. The summed E-state index contributed by atoms with van der Waals surface area (Å²) in [7, 11) is 0. The molecule has 0 unspecified atom stereocenters. The minimum Gasteiger partial charge on any atom is -0.311 e. The summed E-state index contributed by atoms with van der Waals surface area (Å²) in [6.07, 6.45) is 2.53. The SMILES string of the molecule is CCc1cccn(Cc2ccc3cc(F)ccc3c2)c1=O. The van der Waals surface area contributed by atoms with Gasteiger partial charge in [-0.1, -0.05) is 31.2 Å². The van der Waals surface area contributed by atoms with Crippen LogP contribution < -0.4 is 5.56 Å². The van der Waals surface area contributed by atoms with Crippen molar-refractivity contribution in [3.63, 3.8) is 0 Å². The number of hydrogen-bond donors (Lipinski definition) is 0. The molecule has 21 heavy (non-hydrogen) atoms. The molecule has 0 fully saturated rings. The maximum atomic E-state index is 13.2. The van der Waals surface area contributed by atoms with Gasteiger partial charge in [-0.15, -0.1) is 0 Å². The Morgan fingerprint density at radius 2 is 1.81 bits per heavy atom. The normalized spacial score (nSPS) is 11.0. The first-order chi connectivity index (χ1) is 10.2. The zero-order chi connectivity index (χ0) is 14.8. The zero-order valence-corrected chi connectivity index (χ0v) is 11.8. The van der Waals surface area contributed by atoms with Crippen molar-refractivity contribution in [2.24, 2.45) is 0 Å². The maximum Gasteiger partial charge on any atom is 0.254 e. The number of rotatable bonds is 3. The number of benzene rings is 2. The second kappa shape index (κ2) is 5.52. The highest BCUT2D eigenvalue weighted by Gasteiger charge is 2.03. The van der Waals surface area contributed by atoms with E-state index in [-0.39, 0.29) is 11.4 Å². The van der Waals surface area contributed by atoms with Crippen LogP contribution in [0.5, 0.6) is 0 Å². The smallest absolute Gasteiger partial charge is 0.254 e. The number of pyridine rings is 1. The van der Waals surface area contributed by atoms with E-state index in [2.05, 4.69) is 0 Å². The van der Waals surface area contributed by atoms with Crippen molar-refractivity contribution in [3.8, 4) is 0 Å². The Morgan fingerprint density at radius 3 is 2.62 bits per heavy atom. The van der Waals surface area contributed by atoms with Crippen LogP contribution in [0, 0.1) is 5.82 Å². The van der Waals surface area contributed by atoms with Gasteiger partial charge in [0.1, 0.15) is 5.82 Å². The predicted octanol–water partition coefficient (Wildman–Crippen LogP) is 3.75. The molecule has 0 aliphatic carbocycles. The first kappa shape index (κ1) is 13.6. The average molecular weight is 281 g/mol. The minimum absolute atomic E-state index is 0.0548. The van der Waals surface area contributed by atoms with Crippen molar-refractivity contribution in [2.75, 3.05) is 0 Å². The van der Waals surface area contributed by atoms with E-state index < -0.39 is 0 Å². The molecule has 2 nitrogen and oxygen atoms in total. The topological polar surface area (TPSA) is 22.0 Å². The lowest BCUT2D eigenvalue weighted by Gasteiger charge is -2.08. The molecule has 1 heterocycles. The third kappa shape index (κ3) is 2.72. The zero-order valence-electron chi connectivity index (χ0n) is 11.8. The van der Waals surface area contributed by atoms with Crippen LogP contribution in [-0.4, -0.2) is 4.57 Å². The minimum atomic E-state index is -0.234. The quantitative estimate of drug-likeness (QED) is 0.716. The maximum absolute atomic E-state index is 13.2. The molecule has 0 saturated carbocycles. The van der Waals surface area contributed by atoms with Crippen LogP contribution in [0.1, 0.15) is 18.1 Å². The van der Waals surface area contributed by atoms with E-state index in [4.69, 9.17) is 0 Å². The van der Waals surface area contributed by atoms with Crippen LogP contribution in [0.2, 0.25) is 0 Å². The highest BCUT2D eigenvalue weighted by molar-refractivity contribution is 5.83. The van der Waals surface area contributed by atoms with Crippen LogP contribution in [-0.2, 0) is 13.0 Å². The van der Waals surface area contributed by atoms with Crippen molar-refractivity contribution in [1.29, 1.82) is 0 Å². The van der Waals surface area contributed by atoms with E-state index in [0.717, 1.165) is 28.3 Å². The molecule has 1 aromatic heterocycles. The van der Waals surface area contributed by atoms with Crippen LogP contribution in [0.25, 0.3) is 10.8 Å². The van der Waals surface area contributed by atoms with E-state index in [1.54, 1.807) is 16.8 Å². The van der Waals surface area contributed by atoms with Crippen LogP contribution >= 0.6 is 0 Å². The predicted molar refractivity (Wildman–Crippen MR) is 83.1 cm³/mol. The Bertz CT molecular complexity index is 851. The number of hydrogen-bond acceptors (Lipinski definition) is 1. The summed E-state index contributed by atoms with van der Waals surface area (Å²) >= 11 is 0. The summed E-state index contributed by atoms with van der Waals surface area (Å²) in [4.78, 5) is 12.2. The second-order valence-corrected chi connectivity index (χ2v) is 5.15. The Kier molecular flexibility index (Phi) is 3.57. The summed E-state index contributed by atoms with van der Waals surface area (Å²) in [5, 5.41) is 1.85. The van der Waals surface area contributed by atoms with E-state index >= 15 is 0 Å². The van der Waals surface area contributed by atoms with Gasteiger partial charge < -0.3 is 4.57 Å². The van der Waals surface area contributed by atoms with E-state index in [1.165, 1.54) is 12.1 Å². The lowest BCUT2D eigenvalue weighted by molar-refractivity contribution is 0.629. The molecule has 3 heteroatoms. The van der Waals surface area contributed by atoms with Gasteiger partial charge in [0.2, 0.25) is 0 Å². The fraction of sp³-hybridized carbons (Fsp3) is 0.167. The number of aryl methyl sites for hydroxylation is 1. The Labute approximate surface area is 122 Å². The molecule has 2 aromatic carbocycles. The van der Waals surface area contributed by atoms with Gasteiger partial charge in [0.25, 0.3) is 5.56 Å². The average Bonchev–Trinajstić information content (AvgIpc) is 2.49. The third-order valence-electron chi connectivity index (χ3n) is 3.70. The largest absolute Gasteiger partial charge is 0.311 e. The van der Waals surface area contributed by atoms with Crippen LogP contribution in [0.4, 0.5) is 4.39 Å². The van der Waals surface area contributed by atoms with Gasteiger partial charge in [-0.25, -0.2) is 4.39 Å². The number of fused-ring (bicyclic) bond motifs is 1. The van der Waals surface area contributed by atoms with E-state index in [1.807, 2.05) is 37.3 Å². The Morgan fingerprint density at radius 1 is 1.05 bits per heavy atom. The summed E-state index contributed by atoms with van der Waals surface area (Å²) in [6, 6.07) is 14.3. The first-order valence-electron chi connectivity index (χ1n) is 7.04. The number of halogens is 1. The molecule has 3 aromatic rings. The lowest BCUT2D eigenvalue weighted by Crippen LogP contribution is -2.22. The van der Waals surface area contributed by atoms with E-state index in [0.29, 0.717) is 6.54 Å². The highest BCUT2D eigenvalue weighted by atomic mass is 19.1. The lowest BCUT2D eigenvalue weighted by atomic mass is 10.1. The van der Waals surface area contributed by atoms with Crippen molar-refractivity contribution < 1.29 is 4.39 Å². The van der Waals surface area contributed by atoms with Crippen LogP contribution in [0.15, 0.2) is 59.5 Å². The molecule has 0 saturated heterocycles. The fourth-order valence-electron chi connectivity index (χ4n) is 2.54. The molecule has 3 rings (SSSR count). The molecule has 0 radical (unpaired) electrons. The molecule has 0 bridgehead atoms. The molecule has 0 atom stereocenters. The molecule has 0 spiro atoms. The molecule has 0 aliphatic rings. The number of aromatic nitrogens is 1. The Hall–Kier alpha value is -2.42. The van der Waals surface area contributed by atoms with Gasteiger partial charge in [-0.3, -0.25) is 4.79 Å². The van der Waals surface area contributed by atoms with E-state index in [9.17, 15) is 9.18 Å².